The predicted octanol–water partition coefficient (Wildman–Crippen LogP) is 3.01. The normalized spacial score (nSPS) is 11.9. The molecule has 0 bridgehead atoms. The minimum atomic E-state index is -0.352. The van der Waals surface area contributed by atoms with E-state index in [1.54, 1.807) is 17.5 Å². The maximum atomic E-state index is 12.8. The van der Waals surface area contributed by atoms with E-state index in [0.717, 1.165) is 22.4 Å². The fourth-order valence-electron chi connectivity index (χ4n) is 2.98. The van der Waals surface area contributed by atoms with Crippen molar-refractivity contribution in [3.05, 3.63) is 82.3 Å². The lowest BCUT2D eigenvalue weighted by molar-refractivity contribution is -0.122. The second-order valence-corrected chi connectivity index (χ2v) is 7.12. The highest BCUT2D eigenvalue weighted by atomic mass is 32.1. The van der Waals surface area contributed by atoms with Crippen LogP contribution in [0.1, 0.15) is 22.9 Å². The van der Waals surface area contributed by atoms with Crippen LogP contribution in [0.15, 0.2) is 65.5 Å². The summed E-state index contributed by atoms with van der Waals surface area (Å²) in [5, 5.41) is 18.7. The first-order valence-electron chi connectivity index (χ1n) is 8.76. The Bertz CT molecular complexity index is 1060. The van der Waals surface area contributed by atoms with E-state index in [2.05, 4.69) is 25.8 Å². The molecular weight excluding hydrogens is 372 g/mol. The van der Waals surface area contributed by atoms with Crippen molar-refractivity contribution in [2.45, 2.75) is 19.5 Å². The van der Waals surface area contributed by atoms with Crippen LogP contribution in [0.3, 0.4) is 0 Å². The van der Waals surface area contributed by atoms with Crippen molar-refractivity contribution in [1.82, 2.24) is 30.5 Å². The Kier molecular flexibility index (Phi) is 5.20. The van der Waals surface area contributed by atoms with Crippen molar-refractivity contribution >= 4 is 17.2 Å². The second kappa shape index (κ2) is 8.10. The number of thiophene rings is 1. The third-order valence-corrected chi connectivity index (χ3v) is 4.95. The lowest BCUT2D eigenvalue weighted by Crippen LogP contribution is -2.33. The first-order chi connectivity index (χ1) is 13.7. The minimum absolute atomic E-state index is 0.0212. The number of rotatable bonds is 6. The van der Waals surface area contributed by atoms with Gasteiger partial charge in [0.05, 0.1) is 11.7 Å². The van der Waals surface area contributed by atoms with Gasteiger partial charge in [0.25, 0.3) is 0 Å². The summed E-state index contributed by atoms with van der Waals surface area (Å²) in [6.07, 6.45) is 1.72. The minimum Gasteiger partial charge on any atom is -0.342 e. The van der Waals surface area contributed by atoms with Gasteiger partial charge in [-0.1, -0.05) is 35.9 Å². The second-order valence-electron chi connectivity index (χ2n) is 6.34. The summed E-state index contributed by atoms with van der Waals surface area (Å²) >= 11 is 1.55. The number of hydrogen-bond donors (Lipinski definition) is 1. The molecule has 4 aromatic rings. The Hall–Kier alpha value is -3.39. The van der Waals surface area contributed by atoms with E-state index < -0.39 is 0 Å². The Morgan fingerprint density at radius 1 is 1.21 bits per heavy atom. The molecule has 0 aliphatic carbocycles. The molecule has 0 aliphatic heterocycles. The molecule has 1 aromatic carbocycles. The molecule has 3 aromatic heterocycles. The molecule has 0 radical (unpaired) electrons. The molecule has 0 fully saturated rings. The van der Waals surface area contributed by atoms with E-state index in [1.807, 2.05) is 66.2 Å². The zero-order valence-corrected chi connectivity index (χ0v) is 16.0. The lowest BCUT2D eigenvalue weighted by Gasteiger charge is -2.19. The number of hydrogen-bond acceptors (Lipinski definition) is 6. The van der Waals surface area contributed by atoms with Gasteiger partial charge in [-0.25, -0.2) is 4.68 Å². The maximum absolute atomic E-state index is 12.8. The maximum Gasteiger partial charge on any atom is 0.242 e. The van der Waals surface area contributed by atoms with Crippen molar-refractivity contribution in [2.24, 2.45) is 0 Å². The van der Waals surface area contributed by atoms with E-state index >= 15 is 0 Å². The molecule has 140 valence electrons. The van der Waals surface area contributed by atoms with Crippen molar-refractivity contribution in [3.8, 4) is 11.4 Å². The van der Waals surface area contributed by atoms with Crippen LogP contribution in [-0.4, -0.2) is 31.1 Å². The van der Waals surface area contributed by atoms with Gasteiger partial charge in [-0.05, 0) is 46.5 Å². The van der Waals surface area contributed by atoms with Crippen LogP contribution in [-0.2, 0) is 11.3 Å². The number of nitrogens with zero attached hydrogens (tertiary/aromatic N) is 5. The third kappa shape index (κ3) is 3.96. The van der Waals surface area contributed by atoms with Crippen LogP contribution in [0.25, 0.3) is 11.4 Å². The first kappa shape index (κ1) is 18.0. The largest absolute Gasteiger partial charge is 0.342 e. The fraction of sp³-hybridized carbons (Fsp3) is 0.150. The summed E-state index contributed by atoms with van der Waals surface area (Å²) in [7, 11) is 0. The van der Waals surface area contributed by atoms with Gasteiger partial charge in [0.1, 0.15) is 6.54 Å². The van der Waals surface area contributed by atoms with Gasteiger partial charge in [0, 0.05) is 17.1 Å². The molecule has 1 N–H and O–H groups in total. The van der Waals surface area contributed by atoms with Gasteiger partial charge in [-0.2, -0.15) is 11.3 Å². The number of carbonyl (C=O) groups is 1. The van der Waals surface area contributed by atoms with Crippen LogP contribution in [0.4, 0.5) is 0 Å². The lowest BCUT2D eigenvalue weighted by atomic mass is 10.0. The van der Waals surface area contributed by atoms with E-state index in [0.29, 0.717) is 5.82 Å². The van der Waals surface area contributed by atoms with Crippen LogP contribution in [0.5, 0.6) is 0 Å². The van der Waals surface area contributed by atoms with Gasteiger partial charge in [-0.15, -0.1) is 5.10 Å². The zero-order valence-electron chi connectivity index (χ0n) is 15.2. The number of aryl methyl sites for hydroxylation is 1. The number of pyridine rings is 1. The zero-order chi connectivity index (χ0) is 19.3. The van der Waals surface area contributed by atoms with Gasteiger partial charge in [-0.3, -0.25) is 9.78 Å². The number of tetrazole rings is 1. The average Bonchev–Trinajstić information content (AvgIpc) is 3.38. The SMILES string of the molecule is Cc1cccc(C(NC(=O)Cn2nnnc2-c2ccsc2)c2ccccn2)c1. The van der Waals surface area contributed by atoms with E-state index in [1.165, 1.54) is 4.68 Å². The molecule has 0 aliphatic rings. The molecule has 0 spiro atoms. The van der Waals surface area contributed by atoms with Crippen LogP contribution in [0, 0.1) is 6.92 Å². The van der Waals surface area contributed by atoms with E-state index in [-0.39, 0.29) is 18.5 Å². The molecule has 28 heavy (non-hydrogen) atoms. The highest BCUT2D eigenvalue weighted by molar-refractivity contribution is 7.08. The first-order valence-corrected chi connectivity index (χ1v) is 9.70. The Balaban J connectivity index is 1.58. The molecule has 0 saturated carbocycles. The molecule has 8 heteroatoms. The average molecular weight is 390 g/mol. The Morgan fingerprint density at radius 2 is 2.14 bits per heavy atom. The topological polar surface area (TPSA) is 85.6 Å². The van der Waals surface area contributed by atoms with Crippen molar-refractivity contribution < 1.29 is 4.79 Å². The molecule has 1 unspecified atom stereocenters. The monoisotopic (exact) mass is 390 g/mol. The molecule has 1 atom stereocenters. The summed E-state index contributed by atoms with van der Waals surface area (Å²) in [5.41, 5.74) is 3.76. The molecule has 4 rings (SSSR count). The predicted molar refractivity (Wildman–Crippen MR) is 107 cm³/mol. The quantitative estimate of drug-likeness (QED) is 0.547. The summed E-state index contributed by atoms with van der Waals surface area (Å²) in [4.78, 5) is 17.3. The van der Waals surface area contributed by atoms with Crippen LogP contribution < -0.4 is 5.32 Å². The highest BCUT2D eigenvalue weighted by Gasteiger charge is 2.20. The molecular formula is C20H18N6OS. The molecule has 7 nitrogen and oxygen atoms in total. The number of amides is 1. The van der Waals surface area contributed by atoms with E-state index in [4.69, 9.17) is 0 Å². The van der Waals surface area contributed by atoms with Crippen molar-refractivity contribution in [2.75, 3.05) is 0 Å². The van der Waals surface area contributed by atoms with Crippen LogP contribution >= 0.6 is 11.3 Å². The van der Waals surface area contributed by atoms with E-state index in [9.17, 15) is 4.79 Å². The smallest absolute Gasteiger partial charge is 0.242 e. The summed E-state index contributed by atoms with van der Waals surface area (Å²) < 4.78 is 1.50. The number of carbonyl (C=O) groups excluding carboxylic acids is 1. The number of nitrogens with one attached hydrogen (secondary N) is 1. The van der Waals surface area contributed by atoms with Gasteiger partial charge >= 0.3 is 0 Å². The summed E-state index contributed by atoms with van der Waals surface area (Å²) in [6.45, 7) is 2.04. The fourth-order valence-corrected chi connectivity index (χ4v) is 3.61. The van der Waals surface area contributed by atoms with Gasteiger partial charge in [0.15, 0.2) is 5.82 Å². The summed E-state index contributed by atoms with van der Waals surface area (Å²) in [6, 6.07) is 15.3. The Labute approximate surface area is 166 Å². The van der Waals surface area contributed by atoms with Gasteiger partial charge in [0.2, 0.25) is 5.91 Å². The number of benzene rings is 1. The third-order valence-electron chi connectivity index (χ3n) is 4.27. The molecule has 0 saturated heterocycles. The summed E-state index contributed by atoms with van der Waals surface area (Å²) in [5.74, 6) is 0.377. The standard InChI is InChI=1S/C20H18N6OS/c1-14-5-4-6-15(11-14)19(17-7-2-3-9-21-17)22-18(27)12-26-20(23-24-25-26)16-8-10-28-13-16/h2-11,13,19H,12H2,1H3,(H,22,27). The molecule has 3 heterocycles. The Morgan fingerprint density at radius 3 is 2.89 bits per heavy atom. The highest BCUT2D eigenvalue weighted by Crippen LogP contribution is 2.22. The van der Waals surface area contributed by atoms with Crippen LogP contribution in [0.2, 0.25) is 0 Å². The van der Waals surface area contributed by atoms with Crippen molar-refractivity contribution in [3.63, 3.8) is 0 Å². The van der Waals surface area contributed by atoms with Crippen molar-refractivity contribution in [1.29, 1.82) is 0 Å². The number of aromatic nitrogens is 5. The molecule has 1 amide bonds. The van der Waals surface area contributed by atoms with Gasteiger partial charge < -0.3 is 5.32 Å².